The molecule has 0 radical (unpaired) electrons. The predicted octanol–water partition coefficient (Wildman–Crippen LogP) is 4.72. The third-order valence-corrected chi connectivity index (χ3v) is 5.46. The Balaban J connectivity index is 1.94. The molecule has 1 N–H and O–H groups in total. The molecule has 3 aromatic carbocycles. The second-order valence-corrected chi connectivity index (χ2v) is 9.16. The van der Waals surface area contributed by atoms with Gasteiger partial charge >= 0.3 is 0 Å². The maximum Gasteiger partial charge on any atom is 0.229 e. The zero-order valence-electron chi connectivity index (χ0n) is 17.6. The number of ether oxygens (including phenoxy) is 1. The Hall–Kier alpha value is -2.83. The van der Waals surface area contributed by atoms with Gasteiger partial charge in [0.25, 0.3) is 0 Å². The number of methoxy groups -OCH3 is 1. The van der Waals surface area contributed by atoms with Crippen molar-refractivity contribution in [2.75, 3.05) is 23.0 Å². The summed E-state index contributed by atoms with van der Waals surface area (Å²) in [4.78, 5) is 2.27. The summed E-state index contributed by atoms with van der Waals surface area (Å²) in [6, 6.07) is 24.3. The highest BCUT2D eigenvalue weighted by molar-refractivity contribution is 7.92. The highest BCUT2D eigenvalue weighted by Gasteiger charge is 2.15. The predicted molar refractivity (Wildman–Crippen MR) is 123 cm³/mol. The second kappa shape index (κ2) is 9.78. The van der Waals surface area contributed by atoms with E-state index in [1.165, 1.54) is 17.4 Å². The van der Waals surface area contributed by atoms with Gasteiger partial charge in [0, 0.05) is 25.9 Å². The van der Waals surface area contributed by atoms with Gasteiger partial charge in [-0.25, -0.2) is 8.42 Å². The number of anilines is 2. The lowest BCUT2D eigenvalue weighted by atomic mass is 10.1. The average molecular weight is 425 g/mol. The molecule has 0 fully saturated rings. The Kier molecular flexibility index (Phi) is 7.13. The smallest absolute Gasteiger partial charge is 0.229 e. The van der Waals surface area contributed by atoms with Crippen molar-refractivity contribution in [2.24, 2.45) is 0 Å². The minimum Gasteiger partial charge on any atom is -0.380 e. The van der Waals surface area contributed by atoms with Crippen LogP contribution in [-0.4, -0.2) is 21.8 Å². The molecule has 30 heavy (non-hydrogen) atoms. The summed E-state index contributed by atoms with van der Waals surface area (Å²) in [6.45, 7) is 3.95. The van der Waals surface area contributed by atoms with Crippen molar-refractivity contribution in [1.82, 2.24) is 0 Å². The first kappa shape index (κ1) is 21.9. The maximum absolute atomic E-state index is 11.8. The number of rotatable bonds is 9. The van der Waals surface area contributed by atoms with Gasteiger partial charge in [-0.2, -0.15) is 0 Å². The number of nitrogens with zero attached hydrogens (tertiary/aromatic N) is 1. The van der Waals surface area contributed by atoms with Crippen LogP contribution >= 0.6 is 0 Å². The number of hydrogen-bond acceptors (Lipinski definition) is 4. The molecule has 3 rings (SSSR count). The van der Waals surface area contributed by atoms with E-state index in [4.69, 9.17) is 4.74 Å². The third-order valence-electron chi connectivity index (χ3n) is 4.86. The molecule has 6 heteroatoms. The van der Waals surface area contributed by atoms with Gasteiger partial charge in [-0.05, 0) is 41.3 Å². The maximum atomic E-state index is 11.8. The zero-order chi connectivity index (χ0) is 21.6. The lowest BCUT2D eigenvalue weighted by Crippen LogP contribution is -2.23. The van der Waals surface area contributed by atoms with Crippen molar-refractivity contribution in [3.8, 4) is 0 Å². The largest absolute Gasteiger partial charge is 0.380 e. The van der Waals surface area contributed by atoms with Gasteiger partial charge in [0.2, 0.25) is 10.0 Å². The summed E-state index contributed by atoms with van der Waals surface area (Å²) < 4.78 is 31.4. The first-order valence-electron chi connectivity index (χ1n) is 9.79. The highest BCUT2D eigenvalue weighted by Crippen LogP contribution is 2.30. The molecule has 0 aliphatic carbocycles. The van der Waals surface area contributed by atoms with E-state index in [9.17, 15) is 8.42 Å². The Morgan fingerprint density at radius 3 is 2.03 bits per heavy atom. The van der Waals surface area contributed by atoms with E-state index < -0.39 is 10.0 Å². The van der Waals surface area contributed by atoms with Crippen molar-refractivity contribution in [1.29, 1.82) is 0 Å². The molecular formula is C24H28N2O3S. The van der Waals surface area contributed by atoms with Crippen LogP contribution in [0.2, 0.25) is 0 Å². The Labute approximate surface area is 179 Å². The molecule has 0 heterocycles. The van der Waals surface area contributed by atoms with Crippen molar-refractivity contribution < 1.29 is 13.2 Å². The molecule has 0 aromatic heterocycles. The molecule has 0 unspecified atom stereocenters. The normalized spacial score (nSPS) is 11.3. The number of sulfonamides is 1. The highest BCUT2D eigenvalue weighted by atomic mass is 32.2. The molecule has 0 aliphatic rings. The molecule has 0 saturated heterocycles. The summed E-state index contributed by atoms with van der Waals surface area (Å²) in [7, 11) is -1.66. The van der Waals surface area contributed by atoms with Crippen molar-refractivity contribution in [2.45, 2.75) is 26.6 Å². The van der Waals surface area contributed by atoms with Gasteiger partial charge in [-0.3, -0.25) is 4.72 Å². The van der Waals surface area contributed by atoms with Crippen molar-refractivity contribution >= 4 is 21.4 Å². The molecule has 0 atom stereocenters. The van der Waals surface area contributed by atoms with Gasteiger partial charge < -0.3 is 9.64 Å². The van der Waals surface area contributed by atoms with E-state index in [0.29, 0.717) is 25.4 Å². The van der Waals surface area contributed by atoms with Crippen molar-refractivity contribution in [3.05, 3.63) is 95.1 Å². The molecule has 0 amide bonds. The summed E-state index contributed by atoms with van der Waals surface area (Å²) in [6.07, 6.45) is 1.17. The van der Waals surface area contributed by atoms with E-state index >= 15 is 0 Å². The second-order valence-electron chi connectivity index (χ2n) is 7.42. The van der Waals surface area contributed by atoms with Crippen LogP contribution in [0.4, 0.5) is 11.4 Å². The first-order chi connectivity index (χ1) is 14.4. The molecule has 0 aliphatic heterocycles. The van der Waals surface area contributed by atoms with Crippen molar-refractivity contribution in [3.63, 3.8) is 0 Å². The SMILES string of the molecule is COCc1ccc(CN(Cc2ccccc2)c2cccc(NS(C)(=O)=O)c2C)cc1. The van der Waals surface area contributed by atoms with Gasteiger partial charge in [0.05, 0.1) is 18.6 Å². The van der Waals surface area contributed by atoms with E-state index in [2.05, 4.69) is 46.0 Å². The van der Waals surface area contributed by atoms with Crippen LogP contribution < -0.4 is 9.62 Å². The first-order valence-corrected chi connectivity index (χ1v) is 11.7. The molecular weight excluding hydrogens is 396 g/mol. The van der Waals surface area contributed by atoms with Gasteiger partial charge in [0.1, 0.15) is 0 Å². The number of nitrogens with one attached hydrogen (secondary N) is 1. The third kappa shape index (κ3) is 6.08. The molecule has 0 saturated carbocycles. The lowest BCUT2D eigenvalue weighted by Gasteiger charge is -2.28. The van der Waals surface area contributed by atoms with Crippen LogP contribution in [0, 0.1) is 6.92 Å². The van der Waals surface area contributed by atoms with Crippen LogP contribution in [0.1, 0.15) is 22.3 Å². The minimum absolute atomic E-state index is 0.590. The topological polar surface area (TPSA) is 58.6 Å². The Morgan fingerprint density at radius 2 is 1.43 bits per heavy atom. The molecule has 3 aromatic rings. The van der Waals surface area contributed by atoms with Crippen LogP contribution in [0.3, 0.4) is 0 Å². The summed E-state index contributed by atoms with van der Waals surface area (Å²) in [5, 5.41) is 0. The molecule has 5 nitrogen and oxygen atoms in total. The summed E-state index contributed by atoms with van der Waals surface area (Å²) in [5.74, 6) is 0. The van der Waals surface area contributed by atoms with E-state index in [1.54, 1.807) is 13.2 Å². The van der Waals surface area contributed by atoms with Crippen LogP contribution in [0.5, 0.6) is 0 Å². The van der Waals surface area contributed by atoms with Crippen LogP contribution in [0.25, 0.3) is 0 Å². The van der Waals surface area contributed by atoms with E-state index in [1.807, 2.05) is 37.3 Å². The monoisotopic (exact) mass is 424 g/mol. The van der Waals surface area contributed by atoms with Gasteiger partial charge in [-0.1, -0.05) is 60.7 Å². The number of benzene rings is 3. The quantitative estimate of drug-likeness (QED) is 0.540. The lowest BCUT2D eigenvalue weighted by molar-refractivity contribution is 0.185. The fraction of sp³-hybridized carbons (Fsp3) is 0.250. The molecule has 158 valence electrons. The van der Waals surface area contributed by atoms with E-state index in [-0.39, 0.29) is 0 Å². The Bertz CT molecular complexity index is 1070. The summed E-state index contributed by atoms with van der Waals surface area (Å²) in [5.41, 5.74) is 5.99. The molecule has 0 bridgehead atoms. The summed E-state index contributed by atoms with van der Waals surface area (Å²) >= 11 is 0. The van der Waals surface area contributed by atoms with Crippen LogP contribution in [-0.2, 0) is 34.5 Å². The standard InChI is InChI=1S/C24H28N2O3S/c1-19-23(25-30(3,27)28)10-7-11-24(19)26(16-20-8-5-4-6-9-20)17-21-12-14-22(15-13-21)18-29-2/h4-15,25H,16-18H2,1-3H3. The van der Waals surface area contributed by atoms with Gasteiger partial charge in [0.15, 0.2) is 0 Å². The minimum atomic E-state index is -3.35. The fourth-order valence-electron chi connectivity index (χ4n) is 3.43. The van der Waals surface area contributed by atoms with E-state index in [0.717, 1.165) is 16.8 Å². The van der Waals surface area contributed by atoms with Gasteiger partial charge in [-0.15, -0.1) is 0 Å². The zero-order valence-corrected chi connectivity index (χ0v) is 18.4. The van der Waals surface area contributed by atoms with Crippen LogP contribution in [0.15, 0.2) is 72.8 Å². The number of hydrogen-bond donors (Lipinski definition) is 1. The Morgan fingerprint density at radius 1 is 0.833 bits per heavy atom. The molecule has 0 spiro atoms. The fourth-order valence-corrected chi connectivity index (χ4v) is 4.05. The average Bonchev–Trinajstić information content (AvgIpc) is 2.71.